The number of allylic oxidation sites excluding steroid dienone is 1. The van der Waals surface area contributed by atoms with E-state index in [1.54, 1.807) is 0 Å². The first-order chi connectivity index (χ1) is 12.0. The molecule has 1 saturated heterocycles. The molecule has 0 spiro atoms. The van der Waals surface area contributed by atoms with Crippen LogP contribution in [0.5, 0.6) is 0 Å². The first-order valence-corrected chi connectivity index (χ1v) is 11.3. The van der Waals surface area contributed by atoms with E-state index in [1.165, 1.54) is 25.3 Å². The number of hydrogen-bond donors (Lipinski definition) is 3. The van der Waals surface area contributed by atoms with E-state index in [4.69, 9.17) is 4.74 Å². The topological polar surface area (TPSA) is 122 Å². The minimum Gasteiger partial charge on any atom is -0.388 e. The quantitative estimate of drug-likeness (QED) is 0.464. The summed E-state index contributed by atoms with van der Waals surface area (Å²) < 4.78 is 6.74. The van der Waals surface area contributed by atoms with Crippen molar-refractivity contribution in [3.63, 3.8) is 0 Å². The molecule has 2 heterocycles. The van der Waals surface area contributed by atoms with Crippen LogP contribution in [-0.4, -0.2) is 69.7 Å². The Hall–Kier alpha value is -1.73. The van der Waals surface area contributed by atoms with E-state index in [-0.39, 0.29) is 11.3 Å². The summed E-state index contributed by atoms with van der Waals surface area (Å²) in [5.41, 5.74) is -1.35. The van der Waals surface area contributed by atoms with Gasteiger partial charge in [0.1, 0.15) is 12.2 Å². The molecule has 1 unspecified atom stereocenters. The van der Waals surface area contributed by atoms with Crippen LogP contribution in [0, 0.1) is 0 Å². The van der Waals surface area contributed by atoms with Gasteiger partial charge < -0.3 is 14.9 Å². The predicted molar refractivity (Wildman–Crippen MR) is 102 cm³/mol. The number of aliphatic hydroxyl groups excluding tert-OH is 2. The van der Waals surface area contributed by atoms with Crippen LogP contribution in [-0.2, 0) is 9.53 Å². The van der Waals surface area contributed by atoms with Crippen LogP contribution in [0.2, 0.25) is 0 Å². The molecule has 9 heteroatoms. The zero-order chi connectivity index (χ0) is 19.6. The molecule has 1 aliphatic rings. The third-order valence-corrected chi connectivity index (χ3v) is 5.59. The van der Waals surface area contributed by atoms with Gasteiger partial charge >= 0.3 is 5.69 Å². The summed E-state index contributed by atoms with van der Waals surface area (Å²) in [5, 5.41) is 20.6. The maximum atomic E-state index is 12.1. The van der Waals surface area contributed by atoms with Crippen molar-refractivity contribution in [2.75, 3.05) is 19.5 Å². The highest BCUT2D eigenvalue weighted by Crippen LogP contribution is 2.39. The minimum absolute atomic E-state index is 0.0679. The maximum absolute atomic E-state index is 12.1. The van der Waals surface area contributed by atoms with Crippen LogP contribution in [0.1, 0.15) is 25.1 Å². The lowest BCUT2D eigenvalue weighted by Crippen LogP contribution is -2.38. The van der Waals surface area contributed by atoms with E-state index in [9.17, 15) is 24.6 Å². The Labute approximate surface area is 151 Å². The Morgan fingerprint density at radius 1 is 1.38 bits per heavy atom. The second-order valence-corrected chi connectivity index (χ2v) is 11.5. The molecule has 3 N–H and O–H groups in total. The number of aromatic amines is 1. The lowest BCUT2D eigenvalue weighted by Gasteiger charge is -2.19. The van der Waals surface area contributed by atoms with Crippen LogP contribution in [0.3, 0.4) is 0 Å². The lowest BCUT2D eigenvalue weighted by molar-refractivity contribution is -0.112. The number of nitrogens with zero attached hydrogens (tertiary/aromatic N) is 1. The highest BCUT2D eigenvalue weighted by molar-refractivity contribution is 7.72. The second kappa shape index (κ2) is 7.88. The summed E-state index contributed by atoms with van der Waals surface area (Å²) in [7, 11) is 0. The zero-order valence-electron chi connectivity index (χ0n) is 15.1. The molecule has 0 amide bonds. The van der Waals surface area contributed by atoms with Gasteiger partial charge in [-0.3, -0.25) is 19.1 Å². The lowest BCUT2D eigenvalue weighted by atomic mass is 10.1. The van der Waals surface area contributed by atoms with Gasteiger partial charge in [0.05, 0.1) is 11.7 Å². The molecule has 1 aromatic heterocycles. The molecule has 8 nitrogen and oxygen atoms in total. The van der Waals surface area contributed by atoms with Gasteiger partial charge in [-0.1, -0.05) is 0 Å². The summed E-state index contributed by atoms with van der Waals surface area (Å²) in [6.07, 6.45) is 4.83. The standard InChI is InChI=1S/C17H25N2O6P/c1-10(20)5-6-11-9-19(17(24)18-15(11)23)16-14(22)13(21)12(25-16)7-8-26(2,3)4/h5-6,9,12-14,16,21-22H,2,7-8H2,1,3-4H3,(H,18,23,24)/b6-5+/t12-,13-,14-,16?/m1/s1. The fourth-order valence-electron chi connectivity index (χ4n) is 2.69. The van der Waals surface area contributed by atoms with Crippen molar-refractivity contribution in [2.45, 2.75) is 37.9 Å². The number of H-pyrrole nitrogens is 1. The average Bonchev–Trinajstić information content (AvgIpc) is 2.79. The molecule has 2 rings (SSSR count). The normalized spacial score (nSPS) is 26.5. The van der Waals surface area contributed by atoms with Crippen molar-refractivity contribution >= 4 is 25.0 Å². The highest BCUT2D eigenvalue weighted by Gasteiger charge is 2.43. The number of aromatic nitrogens is 2. The summed E-state index contributed by atoms with van der Waals surface area (Å²) in [4.78, 5) is 37.2. The van der Waals surface area contributed by atoms with E-state index in [1.807, 2.05) is 0 Å². The summed E-state index contributed by atoms with van der Waals surface area (Å²) >= 11 is 0. The van der Waals surface area contributed by atoms with Gasteiger partial charge in [-0.2, -0.15) is 0 Å². The zero-order valence-corrected chi connectivity index (χ0v) is 16.0. The molecular formula is C17H25N2O6P. The number of nitrogens with one attached hydrogen (secondary N) is 1. The van der Waals surface area contributed by atoms with Gasteiger partial charge in [-0.15, -0.1) is 13.2 Å². The Kier molecular flexibility index (Phi) is 6.24. The third kappa shape index (κ3) is 4.92. The molecule has 0 radical (unpaired) electrons. The van der Waals surface area contributed by atoms with Crippen molar-refractivity contribution in [1.82, 2.24) is 9.55 Å². The van der Waals surface area contributed by atoms with Crippen molar-refractivity contribution in [3.05, 3.63) is 38.7 Å². The molecular weight excluding hydrogens is 359 g/mol. The van der Waals surface area contributed by atoms with E-state index in [0.717, 1.165) is 10.7 Å². The van der Waals surface area contributed by atoms with E-state index in [0.29, 0.717) is 6.42 Å². The van der Waals surface area contributed by atoms with Crippen molar-refractivity contribution in [1.29, 1.82) is 0 Å². The van der Waals surface area contributed by atoms with Crippen LogP contribution >= 0.6 is 6.89 Å². The first-order valence-electron chi connectivity index (χ1n) is 8.22. The molecule has 1 aliphatic heterocycles. The number of hydrogen-bond acceptors (Lipinski definition) is 6. The van der Waals surface area contributed by atoms with Gasteiger partial charge in [-0.05, 0) is 45.0 Å². The largest absolute Gasteiger partial charge is 0.388 e. The van der Waals surface area contributed by atoms with Crippen LogP contribution < -0.4 is 11.2 Å². The Morgan fingerprint density at radius 2 is 2.04 bits per heavy atom. The van der Waals surface area contributed by atoms with Crippen molar-refractivity contribution < 1.29 is 19.7 Å². The highest BCUT2D eigenvalue weighted by atomic mass is 31.2. The summed E-state index contributed by atoms with van der Waals surface area (Å²) in [6, 6.07) is 0. The number of ketones is 1. The SMILES string of the molecule is C=P(C)(C)CC[C@H]1OC(n2cc(/C=C/C(C)=O)c(=O)[nH]c2=O)[C@H](O)[C@@H]1O. The van der Waals surface area contributed by atoms with Crippen LogP contribution in [0.25, 0.3) is 6.08 Å². The third-order valence-electron chi connectivity index (χ3n) is 4.12. The smallest absolute Gasteiger partial charge is 0.330 e. The minimum atomic E-state index is -1.33. The summed E-state index contributed by atoms with van der Waals surface area (Å²) in [6.45, 7) is 4.12. The van der Waals surface area contributed by atoms with Gasteiger partial charge in [-0.25, -0.2) is 4.79 Å². The monoisotopic (exact) mass is 384 g/mol. The van der Waals surface area contributed by atoms with E-state index < -0.39 is 42.7 Å². The van der Waals surface area contributed by atoms with Crippen LogP contribution in [0.4, 0.5) is 0 Å². The maximum Gasteiger partial charge on any atom is 0.330 e. The molecule has 0 bridgehead atoms. The predicted octanol–water partition coefficient (Wildman–Crippen LogP) is -0.143. The first kappa shape index (κ1) is 20.6. The van der Waals surface area contributed by atoms with E-state index in [2.05, 4.69) is 24.6 Å². The molecule has 1 fully saturated rings. The molecule has 0 aromatic carbocycles. The van der Waals surface area contributed by atoms with Crippen molar-refractivity contribution in [3.8, 4) is 0 Å². The molecule has 0 saturated carbocycles. The van der Waals surface area contributed by atoms with Gasteiger partial charge in [0, 0.05) is 6.20 Å². The molecule has 0 aliphatic carbocycles. The number of carbonyl (C=O) groups excluding carboxylic acids is 1. The van der Waals surface area contributed by atoms with Gasteiger partial charge in [0.2, 0.25) is 0 Å². The number of ether oxygens (including phenoxy) is 1. The van der Waals surface area contributed by atoms with Crippen LogP contribution in [0.15, 0.2) is 21.9 Å². The van der Waals surface area contributed by atoms with Crippen molar-refractivity contribution in [2.24, 2.45) is 0 Å². The average molecular weight is 384 g/mol. The second-order valence-electron chi connectivity index (χ2n) is 7.19. The number of carbonyl (C=O) groups is 1. The fraction of sp³-hybridized carbons (Fsp3) is 0.529. The number of rotatable bonds is 6. The Bertz CT molecular complexity index is 865. The van der Waals surface area contributed by atoms with Gasteiger partial charge in [0.25, 0.3) is 5.56 Å². The Morgan fingerprint density at radius 3 is 2.62 bits per heavy atom. The van der Waals surface area contributed by atoms with Gasteiger partial charge in [0.15, 0.2) is 12.0 Å². The fourth-order valence-corrected chi connectivity index (χ4v) is 3.64. The Balaban J connectivity index is 2.31. The summed E-state index contributed by atoms with van der Waals surface area (Å²) in [5.74, 6) is -0.256. The number of aliphatic hydroxyl groups is 2. The molecule has 144 valence electrons. The molecule has 26 heavy (non-hydrogen) atoms. The van der Waals surface area contributed by atoms with E-state index >= 15 is 0 Å². The molecule has 1 aromatic rings. The molecule has 4 atom stereocenters.